The molecular weight excluding hydrogens is 256 g/mol. The summed E-state index contributed by atoms with van der Waals surface area (Å²) in [5.41, 5.74) is 0.149. The number of thiazole rings is 1. The van der Waals surface area contributed by atoms with E-state index in [1.54, 1.807) is 11.3 Å². The summed E-state index contributed by atoms with van der Waals surface area (Å²) in [5.74, 6) is 1.12. The van der Waals surface area contributed by atoms with E-state index in [9.17, 15) is 0 Å². The first kappa shape index (κ1) is 14.2. The van der Waals surface area contributed by atoms with E-state index in [4.69, 9.17) is 0 Å². The topological polar surface area (TPSA) is 42.7 Å². The molecule has 2 aromatic rings. The lowest BCUT2D eigenvalue weighted by Gasteiger charge is -2.13. The van der Waals surface area contributed by atoms with Gasteiger partial charge >= 0.3 is 0 Å². The van der Waals surface area contributed by atoms with E-state index in [1.165, 1.54) is 9.88 Å². The quantitative estimate of drug-likeness (QED) is 0.855. The summed E-state index contributed by atoms with van der Waals surface area (Å²) in [4.78, 5) is 10.1. The number of hydrogen-bond acceptors (Lipinski definition) is 4. The zero-order valence-electron chi connectivity index (χ0n) is 12.1. The van der Waals surface area contributed by atoms with E-state index in [0.717, 1.165) is 25.3 Å². The van der Waals surface area contributed by atoms with Gasteiger partial charge in [-0.05, 0) is 0 Å². The maximum Gasteiger partial charge on any atom is 0.109 e. The lowest BCUT2D eigenvalue weighted by atomic mass is 9.98. The molecule has 1 N–H and O–H groups in total. The number of aryl methyl sites for hydroxylation is 1. The van der Waals surface area contributed by atoms with Crippen molar-refractivity contribution in [2.75, 3.05) is 6.54 Å². The summed E-state index contributed by atoms with van der Waals surface area (Å²) in [7, 11) is 2.03. The average Bonchev–Trinajstić information content (AvgIpc) is 2.93. The van der Waals surface area contributed by atoms with Crippen molar-refractivity contribution in [3.05, 3.63) is 34.3 Å². The molecule has 0 saturated heterocycles. The molecule has 0 aromatic carbocycles. The summed E-state index contributed by atoms with van der Waals surface area (Å²) >= 11 is 1.80. The van der Waals surface area contributed by atoms with Crippen molar-refractivity contribution in [1.82, 2.24) is 19.9 Å². The van der Waals surface area contributed by atoms with Crippen LogP contribution in [0.1, 0.15) is 36.5 Å². The third-order valence-corrected chi connectivity index (χ3v) is 4.36. The number of hydrogen-bond donors (Lipinski definition) is 1. The van der Waals surface area contributed by atoms with E-state index in [0.29, 0.717) is 0 Å². The van der Waals surface area contributed by atoms with Crippen molar-refractivity contribution in [2.24, 2.45) is 7.05 Å². The Labute approximate surface area is 118 Å². The van der Waals surface area contributed by atoms with Crippen LogP contribution in [-0.2, 0) is 25.4 Å². The van der Waals surface area contributed by atoms with Gasteiger partial charge < -0.3 is 9.88 Å². The molecule has 2 aromatic heterocycles. The molecule has 0 radical (unpaired) electrons. The van der Waals surface area contributed by atoms with Crippen LogP contribution in [-0.4, -0.2) is 21.1 Å². The van der Waals surface area contributed by atoms with Crippen molar-refractivity contribution >= 4 is 11.3 Å². The standard InChI is InChI=1S/C14H22N4S/c1-14(2,3)13-17-10-11(19-13)9-15-6-5-12-16-7-8-18(12)4/h7-8,10,15H,5-6,9H2,1-4H3. The smallest absolute Gasteiger partial charge is 0.109 e. The Morgan fingerprint density at radius 2 is 2.11 bits per heavy atom. The molecule has 0 aliphatic carbocycles. The fourth-order valence-electron chi connectivity index (χ4n) is 1.79. The largest absolute Gasteiger partial charge is 0.338 e. The Kier molecular flexibility index (Phi) is 4.37. The van der Waals surface area contributed by atoms with Gasteiger partial charge in [0.15, 0.2) is 0 Å². The summed E-state index contributed by atoms with van der Waals surface area (Å²) in [5, 5.41) is 4.65. The number of nitrogens with one attached hydrogen (secondary N) is 1. The second-order valence-corrected chi connectivity index (χ2v) is 6.88. The van der Waals surface area contributed by atoms with E-state index in [2.05, 4.69) is 40.6 Å². The first-order valence-corrected chi connectivity index (χ1v) is 7.40. The molecule has 5 heteroatoms. The van der Waals surface area contributed by atoms with Crippen molar-refractivity contribution < 1.29 is 0 Å². The van der Waals surface area contributed by atoms with Crippen LogP contribution < -0.4 is 5.32 Å². The Bertz CT molecular complexity index is 522. The zero-order chi connectivity index (χ0) is 13.9. The van der Waals surface area contributed by atoms with Crippen LogP contribution in [0.2, 0.25) is 0 Å². The van der Waals surface area contributed by atoms with Crippen molar-refractivity contribution in [1.29, 1.82) is 0 Å². The minimum atomic E-state index is 0.149. The summed E-state index contributed by atoms with van der Waals surface area (Å²) in [6.45, 7) is 8.42. The monoisotopic (exact) mass is 278 g/mol. The molecule has 0 bridgehead atoms. The van der Waals surface area contributed by atoms with Gasteiger partial charge in [-0.3, -0.25) is 0 Å². The molecule has 0 fully saturated rings. The highest BCUT2D eigenvalue weighted by Gasteiger charge is 2.17. The Morgan fingerprint density at radius 1 is 1.32 bits per heavy atom. The molecule has 2 heterocycles. The molecule has 0 saturated carbocycles. The normalized spacial score (nSPS) is 12.0. The molecule has 0 spiro atoms. The van der Waals surface area contributed by atoms with Gasteiger partial charge in [0.1, 0.15) is 5.82 Å². The maximum atomic E-state index is 4.49. The van der Waals surface area contributed by atoms with Crippen molar-refractivity contribution in [3.63, 3.8) is 0 Å². The number of nitrogens with zero attached hydrogens (tertiary/aromatic N) is 3. The third kappa shape index (κ3) is 3.88. The summed E-state index contributed by atoms with van der Waals surface area (Å²) in [6, 6.07) is 0. The predicted molar refractivity (Wildman–Crippen MR) is 79.4 cm³/mol. The summed E-state index contributed by atoms with van der Waals surface area (Å²) < 4.78 is 2.06. The third-order valence-electron chi connectivity index (χ3n) is 2.94. The molecule has 4 nitrogen and oxygen atoms in total. The first-order chi connectivity index (χ1) is 8.97. The van der Waals surface area contributed by atoms with Gasteiger partial charge in [0.25, 0.3) is 0 Å². The molecule has 19 heavy (non-hydrogen) atoms. The predicted octanol–water partition coefficient (Wildman–Crippen LogP) is 2.51. The number of aromatic nitrogens is 3. The average molecular weight is 278 g/mol. The van der Waals surface area contributed by atoms with Gasteiger partial charge in [-0.25, -0.2) is 9.97 Å². The highest BCUT2D eigenvalue weighted by atomic mass is 32.1. The van der Waals surface area contributed by atoms with E-state index in [1.807, 2.05) is 25.6 Å². The SMILES string of the molecule is Cn1ccnc1CCNCc1cnc(C(C)(C)C)s1. The first-order valence-electron chi connectivity index (χ1n) is 6.59. The van der Waals surface area contributed by atoms with Gasteiger partial charge in [-0.1, -0.05) is 20.8 Å². The highest BCUT2D eigenvalue weighted by Crippen LogP contribution is 2.26. The molecule has 0 unspecified atom stereocenters. The lowest BCUT2D eigenvalue weighted by Crippen LogP contribution is -2.17. The van der Waals surface area contributed by atoms with Crippen LogP contribution in [0.25, 0.3) is 0 Å². The van der Waals surface area contributed by atoms with Gasteiger partial charge in [0.05, 0.1) is 5.01 Å². The van der Waals surface area contributed by atoms with Gasteiger partial charge in [-0.2, -0.15) is 0 Å². The van der Waals surface area contributed by atoms with Crippen LogP contribution in [0.15, 0.2) is 18.6 Å². The Hall–Kier alpha value is -1.20. The van der Waals surface area contributed by atoms with Gasteiger partial charge in [0, 0.05) is 55.4 Å². The van der Waals surface area contributed by atoms with Crippen LogP contribution in [0.5, 0.6) is 0 Å². The van der Waals surface area contributed by atoms with Crippen LogP contribution in [0, 0.1) is 0 Å². The molecule has 104 valence electrons. The van der Waals surface area contributed by atoms with Crippen LogP contribution >= 0.6 is 11.3 Å². The molecule has 0 atom stereocenters. The minimum Gasteiger partial charge on any atom is -0.338 e. The maximum absolute atomic E-state index is 4.49. The molecular formula is C14H22N4S. The second-order valence-electron chi connectivity index (χ2n) is 5.76. The van der Waals surface area contributed by atoms with E-state index in [-0.39, 0.29) is 5.41 Å². The Morgan fingerprint density at radius 3 is 2.68 bits per heavy atom. The van der Waals surface area contributed by atoms with Crippen molar-refractivity contribution in [2.45, 2.75) is 39.2 Å². The van der Waals surface area contributed by atoms with Gasteiger partial charge in [-0.15, -0.1) is 11.3 Å². The minimum absolute atomic E-state index is 0.149. The fraction of sp³-hybridized carbons (Fsp3) is 0.571. The Balaban J connectivity index is 1.77. The highest BCUT2D eigenvalue weighted by molar-refractivity contribution is 7.11. The molecule has 0 aliphatic rings. The number of rotatable bonds is 5. The number of imidazole rings is 1. The van der Waals surface area contributed by atoms with Gasteiger partial charge in [0.2, 0.25) is 0 Å². The van der Waals surface area contributed by atoms with Crippen molar-refractivity contribution in [3.8, 4) is 0 Å². The van der Waals surface area contributed by atoms with E-state index < -0.39 is 0 Å². The summed E-state index contributed by atoms with van der Waals surface area (Å²) in [6.07, 6.45) is 6.76. The van der Waals surface area contributed by atoms with Crippen LogP contribution in [0.3, 0.4) is 0 Å². The molecule has 0 amide bonds. The van der Waals surface area contributed by atoms with E-state index >= 15 is 0 Å². The second kappa shape index (κ2) is 5.84. The van der Waals surface area contributed by atoms with Crippen LogP contribution in [0.4, 0.5) is 0 Å². The lowest BCUT2D eigenvalue weighted by molar-refractivity contribution is 0.585. The zero-order valence-corrected chi connectivity index (χ0v) is 12.9. The fourth-order valence-corrected chi connectivity index (χ4v) is 2.72. The molecule has 2 rings (SSSR count). The molecule has 0 aliphatic heterocycles.